The molecular weight excluding hydrogens is 370 g/mol. The maximum absolute atomic E-state index is 13.3. The second kappa shape index (κ2) is 8.65. The molecule has 0 saturated heterocycles. The summed E-state index contributed by atoms with van der Waals surface area (Å²) >= 11 is 0. The van der Waals surface area contributed by atoms with Gasteiger partial charge in [0.15, 0.2) is 11.5 Å². The summed E-state index contributed by atoms with van der Waals surface area (Å²) in [5, 5.41) is 0. The molecule has 0 N–H and O–H groups in total. The molecule has 2 aromatic carbocycles. The Hall–Kier alpha value is -3.54. The van der Waals surface area contributed by atoms with E-state index in [0.717, 1.165) is 0 Å². The Morgan fingerprint density at radius 2 is 1.76 bits per heavy atom. The van der Waals surface area contributed by atoms with Crippen molar-refractivity contribution in [3.05, 3.63) is 70.9 Å². The lowest BCUT2D eigenvalue weighted by atomic mass is 10.0. The highest BCUT2D eigenvalue weighted by atomic mass is 16.5. The maximum atomic E-state index is 13.3. The molecule has 29 heavy (non-hydrogen) atoms. The van der Waals surface area contributed by atoms with Crippen LogP contribution >= 0.6 is 0 Å². The third-order valence-corrected chi connectivity index (χ3v) is 4.63. The molecule has 6 heteroatoms. The molecule has 3 rings (SSSR count). The van der Waals surface area contributed by atoms with Crippen molar-refractivity contribution in [1.29, 1.82) is 0 Å². The molecule has 2 aromatic rings. The first kappa shape index (κ1) is 20.2. The molecule has 0 fully saturated rings. The van der Waals surface area contributed by atoms with E-state index in [-0.39, 0.29) is 23.7 Å². The number of carbonyl (C=O) groups is 2. The minimum atomic E-state index is -0.537. The number of nitrogens with zero attached hydrogens (tertiary/aromatic N) is 1. The molecule has 1 amide bonds. The monoisotopic (exact) mass is 393 g/mol. The van der Waals surface area contributed by atoms with Crippen molar-refractivity contribution in [3.63, 3.8) is 0 Å². The van der Waals surface area contributed by atoms with Gasteiger partial charge in [0.05, 0.1) is 32.0 Å². The predicted molar refractivity (Wildman–Crippen MR) is 111 cm³/mol. The molecule has 0 aromatic heterocycles. The molecule has 0 saturated carbocycles. The highest BCUT2D eigenvalue weighted by Crippen LogP contribution is 2.38. The summed E-state index contributed by atoms with van der Waals surface area (Å²) in [5.41, 5.74) is 2.31. The summed E-state index contributed by atoms with van der Waals surface area (Å²) < 4.78 is 16.0. The molecular formula is C23H23NO5. The summed E-state index contributed by atoms with van der Waals surface area (Å²) in [7, 11) is 3.07. The zero-order valence-corrected chi connectivity index (χ0v) is 16.9. The van der Waals surface area contributed by atoms with Gasteiger partial charge in [-0.2, -0.15) is 0 Å². The van der Waals surface area contributed by atoms with Gasteiger partial charge in [-0.1, -0.05) is 30.3 Å². The van der Waals surface area contributed by atoms with Crippen molar-refractivity contribution in [3.8, 4) is 11.5 Å². The average molecular weight is 393 g/mol. The Bertz CT molecular complexity index is 992. The zero-order valence-electron chi connectivity index (χ0n) is 16.9. The van der Waals surface area contributed by atoms with Crippen molar-refractivity contribution in [2.45, 2.75) is 13.8 Å². The molecule has 6 nitrogen and oxygen atoms in total. The Balaban J connectivity index is 2.18. The normalized spacial score (nSPS) is 15.1. The highest BCUT2D eigenvalue weighted by Gasteiger charge is 2.38. The lowest BCUT2D eigenvalue weighted by Gasteiger charge is -2.17. The van der Waals surface area contributed by atoms with Gasteiger partial charge in [-0.25, -0.2) is 4.79 Å². The van der Waals surface area contributed by atoms with E-state index in [0.29, 0.717) is 28.4 Å². The van der Waals surface area contributed by atoms with Gasteiger partial charge >= 0.3 is 5.97 Å². The molecule has 1 aliphatic rings. The SMILES string of the molecule is CCOC(=O)C1=C(C)N(c2ccccc2)C(=O)/C1=C\c1cccc(OC)c1OC. The Morgan fingerprint density at radius 1 is 1.03 bits per heavy atom. The van der Waals surface area contributed by atoms with Crippen LogP contribution in [0.25, 0.3) is 6.08 Å². The number of hydrogen-bond donors (Lipinski definition) is 0. The molecule has 0 aliphatic carbocycles. The second-order valence-corrected chi connectivity index (χ2v) is 6.30. The number of allylic oxidation sites excluding steroid dienone is 1. The van der Waals surface area contributed by atoms with Crippen LogP contribution in [0.5, 0.6) is 11.5 Å². The van der Waals surface area contributed by atoms with Crippen molar-refractivity contribution < 1.29 is 23.8 Å². The molecule has 150 valence electrons. The van der Waals surface area contributed by atoms with Crippen LogP contribution in [-0.4, -0.2) is 32.7 Å². The van der Waals surface area contributed by atoms with E-state index in [4.69, 9.17) is 14.2 Å². The largest absolute Gasteiger partial charge is 0.493 e. The van der Waals surface area contributed by atoms with Crippen molar-refractivity contribution >= 4 is 23.6 Å². The zero-order chi connectivity index (χ0) is 21.0. The number of para-hydroxylation sites is 2. The first-order valence-corrected chi connectivity index (χ1v) is 9.24. The number of esters is 1. The number of methoxy groups -OCH3 is 2. The molecule has 0 radical (unpaired) electrons. The van der Waals surface area contributed by atoms with Crippen LogP contribution in [-0.2, 0) is 14.3 Å². The topological polar surface area (TPSA) is 65.1 Å². The van der Waals surface area contributed by atoms with E-state index < -0.39 is 5.97 Å². The lowest BCUT2D eigenvalue weighted by molar-refractivity contribution is -0.138. The molecule has 1 heterocycles. The third kappa shape index (κ3) is 3.74. The first-order valence-electron chi connectivity index (χ1n) is 9.24. The third-order valence-electron chi connectivity index (χ3n) is 4.63. The number of ether oxygens (including phenoxy) is 3. The van der Waals surface area contributed by atoms with Crippen LogP contribution in [0, 0.1) is 0 Å². The van der Waals surface area contributed by atoms with E-state index in [9.17, 15) is 9.59 Å². The Morgan fingerprint density at radius 3 is 2.38 bits per heavy atom. The summed E-state index contributed by atoms with van der Waals surface area (Å²) in [6.07, 6.45) is 1.64. The van der Waals surface area contributed by atoms with Crippen molar-refractivity contribution in [2.75, 3.05) is 25.7 Å². The lowest BCUT2D eigenvalue weighted by Crippen LogP contribution is -2.24. The molecule has 1 aliphatic heterocycles. The fourth-order valence-corrected chi connectivity index (χ4v) is 3.35. The number of rotatable bonds is 6. The van der Waals surface area contributed by atoms with E-state index >= 15 is 0 Å². The summed E-state index contributed by atoms with van der Waals surface area (Å²) in [4.78, 5) is 27.5. The van der Waals surface area contributed by atoms with E-state index in [1.807, 2.05) is 30.3 Å². The van der Waals surface area contributed by atoms with Gasteiger partial charge in [0.2, 0.25) is 0 Å². The van der Waals surface area contributed by atoms with Crippen LogP contribution < -0.4 is 14.4 Å². The second-order valence-electron chi connectivity index (χ2n) is 6.30. The number of carbonyl (C=O) groups excluding carboxylic acids is 2. The Labute approximate surface area is 170 Å². The fraction of sp³-hybridized carbons (Fsp3) is 0.217. The molecule has 0 spiro atoms. The Kier molecular flexibility index (Phi) is 6.02. The van der Waals surface area contributed by atoms with Crippen molar-refractivity contribution in [2.24, 2.45) is 0 Å². The number of anilines is 1. The van der Waals surface area contributed by atoms with Crippen LogP contribution in [0.2, 0.25) is 0 Å². The summed E-state index contributed by atoms with van der Waals surface area (Å²) in [6, 6.07) is 14.5. The molecule has 0 atom stereocenters. The smallest absolute Gasteiger partial charge is 0.340 e. The fourth-order valence-electron chi connectivity index (χ4n) is 3.35. The standard InChI is InChI=1S/C23H23NO5/c1-5-29-23(26)20-15(2)24(17-11-7-6-8-12-17)22(25)18(20)14-16-10-9-13-19(27-3)21(16)28-4/h6-14H,5H2,1-4H3/b18-14-. The number of hydrogen-bond acceptors (Lipinski definition) is 5. The van der Waals surface area contributed by atoms with Crippen LogP contribution in [0.3, 0.4) is 0 Å². The number of amides is 1. The van der Waals surface area contributed by atoms with Crippen LogP contribution in [0.1, 0.15) is 19.4 Å². The van der Waals surface area contributed by atoms with Gasteiger partial charge in [-0.15, -0.1) is 0 Å². The van der Waals surface area contributed by atoms with Gasteiger partial charge in [0.1, 0.15) is 0 Å². The van der Waals surface area contributed by atoms with E-state index in [1.165, 1.54) is 12.0 Å². The van der Waals surface area contributed by atoms with Crippen molar-refractivity contribution in [1.82, 2.24) is 0 Å². The predicted octanol–water partition coefficient (Wildman–Crippen LogP) is 3.97. The number of benzene rings is 2. The van der Waals surface area contributed by atoms with Crippen LogP contribution in [0.4, 0.5) is 5.69 Å². The van der Waals surface area contributed by atoms with Gasteiger partial charge in [-0.05, 0) is 38.1 Å². The first-order chi connectivity index (χ1) is 14.0. The van der Waals surface area contributed by atoms with E-state index in [1.54, 1.807) is 45.2 Å². The summed E-state index contributed by atoms with van der Waals surface area (Å²) in [6.45, 7) is 3.68. The van der Waals surface area contributed by atoms with Gasteiger partial charge < -0.3 is 14.2 Å². The quantitative estimate of drug-likeness (QED) is 0.549. The van der Waals surface area contributed by atoms with Gasteiger partial charge in [0, 0.05) is 16.9 Å². The minimum absolute atomic E-state index is 0.213. The van der Waals surface area contributed by atoms with Crippen LogP contribution in [0.15, 0.2) is 65.4 Å². The summed E-state index contributed by atoms with van der Waals surface area (Å²) in [5.74, 6) is 0.173. The van der Waals surface area contributed by atoms with Gasteiger partial charge in [0.25, 0.3) is 5.91 Å². The maximum Gasteiger partial charge on any atom is 0.340 e. The minimum Gasteiger partial charge on any atom is -0.493 e. The molecule has 0 bridgehead atoms. The highest BCUT2D eigenvalue weighted by molar-refractivity contribution is 6.24. The van der Waals surface area contributed by atoms with Gasteiger partial charge in [-0.3, -0.25) is 9.69 Å². The van der Waals surface area contributed by atoms with E-state index in [2.05, 4.69) is 0 Å². The average Bonchev–Trinajstić information content (AvgIpc) is 2.98. The molecule has 0 unspecified atom stereocenters.